The van der Waals surface area contributed by atoms with E-state index in [1.165, 1.54) is 33.7 Å². The molecule has 0 saturated carbocycles. The minimum absolute atomic E-state index is 0.0863. The van der Waals surface area contributed by atoms with Crippen LogP contribution in [0.5, 0.6) is 0 Å². The second-order valence-electron chi connectivity index (χ2n) is 5.22. The molecule has 26 heavy (non-hydrogen) atoms. The van der Waals surface area contributed by atoms with Crippen LogP contribution in [0.3, 0.4) is 0 Å². The van der Waals surface area contributed by atoms with Crippen molar-refractivity contribution >= 4 is 44.7 Å². The molecule has 11 nitrogen and oxygen atoms in total. The third-order valence-corrected chi connectivity index (χ3v) is 4.61. The molecule has 140 valence electrons. The van der Waals surface area contributed by atoms with Gasteiger partial charge in [0, 0.05) is 13.5 Å². The summed E-state index contributed by atoms with van der Waals surface area (Å²) in [6.45, 7) is 1.95. The third kappa shape index (κ3) is 3.80. The summed E-state index contributed by atoms with van der Waals surface area (Å²) in [6, 6.07) is 5.23. The van der Waals surface area contributed by atoms with Crippen molar-refractivity contribution in [3.63, 3.8) is 0 Å². The smallest absolute Gasteiger partial charge is 0.368 e. The Hall–Kier alpha value is -2.61. The number of primary sulfonamides is 1. The van der Waals surface area contributed by atoms with Crippen molar-refractivity contribution in [2.45, 2.75) is 18.4 Å². The Bertz CT molecular complexity index is 954. The number of hydrogen-bond acceptors (Lipinski definition) is 7. The second-order valence-corrected chi connectivity index (χ2v) is 7.20. The first-order valence-corrected chi connectivity index (χ1v) is 9.17. The van der Waals surface area contributed by atoms with E-state index in [4.69, 9.17) is 28.8 Å². The predicted octanol–water partition coefficient (Wildman–Crippen LogP) is 0.0875. The second kappa shape index (κ2) is 7.33. The fraction of sp³-hybridized carbons (Fsp3) is 0.231. The zero-order valence-corrected chi connectivity index (χ0v) is 15.3. The van der Waals surface area contributed by atoms with Gasteiger partial charge in [0.25, 0.3) is 0 Å². The van der Waals surface area contributed by atoms with Crippen molar-refractivity contribution in [1.82, 2.24) is 9.55 Å². The highest BCUT2D eigenvalue weighted by Gasteiger charge is 2.31. The van der Waals surface area contributed by atoms with Crippen LogP contribution in [0.25, 0.3) is 0 Å². The number of imidazole rings is 1. The first-order chi connectivity index (χ1) is 12.1. The van der Waals surface area contributed by atoms with Crippen LogP contribution in [0.2, 0.25) is 0 Å². The maximum Gasteiger partial charge on any atom is 0.368 e. The molecule has 2 aromatic rings. The van der Waals surface area contributed by atoms with E-state index in [1.807, 2.05) is 0 Å². The van der Waals surface area contributed by atoms with E-state index >= 15 is 0 Å². The zero-order valence-electron chi connectivity index (χ0n) is 13.7. The lowest BCUT2D eigenvalue weighted by atomic mass is 10.3. The maximum atomic E-state index is 11.6. The van der Waals surface area contributed by atoms with Gasteiger partial charge in [0.2, 0.25) is 15.8 Å². The third-order valence-electron chi connectivity index (χ3n) is 3.50. The number of hydrogen-bond donors (Lipinski definition) is 3. The molecular weight excluding hydrogens is 382 g/mol. The highest BCUT2D eigenvalue weighted by atomic mass is 32.2. The average molecular weight is 399 g/mol. The standard InChI is InChI=1S/C13H17N7O4S2/c1-8-17-11(12(20(21)22)18(8)7-6-14)19(13(15)25)9-2-4-10(5-3-9)26(16,23)24/h2-5H,6-7,14H2,1H3,(H2,15,25)(H2,16,23,24). The van der Waals surface area contributed by atoms with Crippen LogP contribution in [-0.2, 0) is 16.6 Å². The Morgan fingerprint density at radius 1 is 1.38 bits per heavy atom. The van der Waals surface area contributed by atoms with Crippen molar-refractivity contribution < 1.29 is 13.3 Å². The minimum Gasteiger partial charge on any atom is -0.376 e. The Balaban J connectivity index is 2.64. The Morgan fingerprint density at radius 2 is 1.96 bits per heavy atom. The van der Waals surface area contributed by atoms with Crippen molar-refractivity contribution in [2.24, 2.45) is 16.6 Å². The number of anilines is 2. The van der Waals surface area contributed by atoms with Crippen LogP contribution >= 0.6 is 12.2 Å². The number of nitrogens with zero attached hydrogens (tertiary/aromatic N) is 4. The van der Waals surface area contributed by atoms with Gasteiger partial charge in [0.15, 0.2) is 10.9 Å². The summed E-state index contributed by atoms with van der Waals surface area (Å²) in [5, 5.41) is 16.4. The number of sulfonamides is 1. The maximum absolute atomic E-state index is 11.6. The van der Waals surface area contributed by atoms with Crippen LogP contribution in [0, 0.1) is 17.0 Å². The molecule has 0 aliphatic heterocycles. The lowest BCUT2D eigenvalue weighted by molar-refractivity contribution is -0.391. The number of nitrogens with two attached hydrogens (primary N) is 3. The van der Waals surface area contributed by atoms with Crippen LogP contribution < -0.4 is 21.5 Å². The van der Waals surface area contributed by atoms with E-state index in [9.17, 15) is 18.5 Å². The summed E-state index contributed by atoms with van der Waals surface area (Å²) in [6.07, 6.45) is 0. The fourth-order valence-electron chi connectivity index (χ4n) is 2.40. The molecule has 0 aliphatic carbocycles. The molecule has 0 radical (unpaired) electrons. The lowest BCUT2D eigenvalue weighted by Gasteiger charge is -2.20. The molecule has 2 rings (SSSR count). The van der Waals surface area contributed by atoms with E-state index < -0.39 is 14.9 Å². The molecule has 0 aliphatic rings. The zero-order chi connectivity index (χ0) is 19.6. The summed E-state index contributed by atoms with van der Waals surface area (Å²) in [5.74, 6) is -0.0485. The van der Waals surface area contributed by atoms with Crippen LogP contribution in [0.15, 0.2) is 29.2 Å². The van der Waals surface area contributed by atoms with Gasteiger partial charge < -0.3 is 21.6 Å². The minimum atomic E-state index is -3.89. The van der Waals surface area contributed by atoms with Gasteiger partial charge in [-0.25, -0.2) is 18.1 Å². The topological polar surface area (TPSA) is 176 Å². The summed E-state index contributed by atoms with van der Waals surface area (Å²) >= 11 is 5.01. The molecule has 6 N–H and O–H groups in total. The highest BCUT2D eigenvalue weighted by molar-refractivity contribution is 7.89. The lowest BCUT2D eigenvalue weighted by Crippen LogP contribution is -2.32. The first-order valence-electron chi connectivity index (χ1n) is 7.22. The van der Waals surface area contributed by atoms with E-state index in [0.29, 0.717) is 11.5 Å². The van der Waals surface area contributed by atoms with Gasteiger partial charge >= 0.3 is 5.82 Å². The van der Waals surface area contributed by atoms with Crippen LogP contribution in [0.1, 0.15) is 5.82 Å². The molecule has 0 amide bonds. The van der Waals surface area contributed by atoms with Gasteiger partial charge in [-0.1, -0.05) is 0 Å². The molecular formula is C13H17N7O4S2. The molecule has 0 spiro atoms. The SMILES string of the molecule is Cc1nc(N(C(N)=S)c2ccc(S(N)(=O)=O)cc2)c([N+](=O)[O-])n1CCN. The van der Waals surface area contributed by atoms with E-state index in [2.05, 4.69) is 4.98 Å². The normalized spacial score (nSPS) is 11.3. The average Bonchev–Trinajstić information content (AvgIpc) is 2.84. The summed E-state index contributed by atoms with van der Waals surface area (Å²) < 4.78 is 24.1. The molecule has 0 atom stereocenters. The molecule has 1 aromatic carbocycles. The molecule has 0 unspecified atom stereocenters. The Morgan fingerprint density at radius 3 is 2.38 bits per heavy atom. The predicted molar refractivity (Wildman–Crippen MR) is 99.4 cm³/mol. The first kappa shape index (κ1) is 19.7. The van der Waals surface area contributed by atoms with E-state index in [-0.39, 0.29) is 34.7 Å². The van der Waals surface area contributed by atoms with Crippen LogP contribution in [-0.4, -0.2) is 34.5 Å². The summed E-state index contributed by atoms with van der Waals surface area (Å²) in [4.78, 5) is 16.2. The van der Waals surface area contributed by atoms with Gasteiger partial charge in [-0.3, -0.25) is 4.90 Å². The monoisotopic (exact) mass is 399 g/mol. The van der Waals surface area contributed by atoms with Crippen LogP contribution in [0.4, 0.5) is 17.3 Å². The Labute approximate surface area is 154 Å². The fourth-order valence-corrected chi connectivity index (χ4v) is 3.11. The van der Waals surface area contributed by atoms with Crippen molar-refractivity contribution in [3.8, 4) is 0 Å². The number of nitro groups is 1. The summed E-state index contributed by atoms with van der Waals surface area (Å²) in [5.41, 5.74) is 11.5. The number of aryl methyl sites for hydroxylation is 1. The summed E-state index contributed by atoms with van der Waals surface area (Å²) in [7, 11) is -3.89. The van der Waals surface area contributed by atoms with E-state index in [0.717, 1.165) is 0 Å². The molecule has 1 heterocycles. The van der Waals surface area contributed by atoms with Crippen molar-refractivity contribution in [3.05, 3.63) is 40.2 Å². The molecule has 0 fully saturated rings. The molecule has 13 heteroatoms. The highest BCUT2D eigenvalue weighted by Crippen LogP contribution is 2.34. The van der Waals surface area contributed by atoms with Crippen molar-refractivity contribution in [1.29, 1.82) is 0 Å². The van der Waals surface area contributed by atoms with Gasteiger partial charge in [-0.2, -0.15) is 4.98 Å². The number of thiocarbonyl (C=S) groups is 1. The largest absolute Gasteiger partial charge is 0.376 e. The van der Waals surface area contributed by atoms with E-state index in [1.54, 1.807) is 6.92 Å². The van der Waals surface area contributed by atoms with Gasteiger partial charge in [-0.15, -0.1) is 0 Å². The molecule has 0 bridgehead atoms. The number of aromatic nitrogens is 2. The molecule has 0 saturated heterocycles. The quantitative estimate of drug-likeness (QED) is 0.345. The Kier molecular flexibility index (Phi) is 5.56. The number of benzene rings is 1. The van der Waals surface area contributed by atoms with Crippen molar-refractivity contribution in [2.75, 3.05) is 11.4 Å². The number of rotatable bonds is 6. The van der Waals surface area contributed by atoms with Gasteiger partial charge in [-0.05, 0) is 41.4 Å². The molecule has 1 aromatic heterocycles. The van der Waals surface area contributed by atoms with Gasteiger partial charge in [0.1, 0.15) is 6.54 Å². The van der Waals surface area contributed by atoms with Gasteiger partial charge in [0.05, 0.1) is 10.6 Å².